The lowest BCUT2D eigenvalue weighted by Crippen LogP contribution is -2.42. The predicted octanol–water partition coefficient (Wildman–Crippen LogP) is 1.67. The van der Waals surface area contributed by atoms with Crippen LogP contribution in [0.25, 0.3) is 0 Å². The topological polar surface area (TPSA) is 58.4 Å². The van der Waals surface area contributed by atoms with Gasteiger partial charge in [-0.1, -0.05) is 12.5 Å². The van der Waals surface area contributed by atoms with E-state index in [-0.39, 0.29) is 5.91 Å². The number of carbonyl (C=O) groups excluding carboxylic acids is 1. The highest BCUT2D eigenvalue weighted by Crippen LogP contribution is 2.14. The average molecular weight is 275 g/mol. The molecule has 2 rings (SSSR count). The van der Waals surface area contributed by atoms with E-state index in [0.717, 1.165) is 25.2 Å². The molecule has 0 bridgehead atoms. The van der Waals surface area contributed by atoms with Crippen molar-refractivity contribution in [2.45, 2.75) is 38.8 Å². The molecule has 3 N–H and O–H groups in total. The first-order valence-corrected chi connectivity index (χ1v) is 7.37. The molecule has 4 heteroatoms. The van der Waals surface area contributed by atoms with Gasteiger partial charge in [-0.25, -0.2) is 0 Å². The molecule has 20 heavy (non-hydrogen) atoms. The average Bonchev–Trinajstić information content (AvgIpc) is 2.42. The van der Waals surface area contributed by atoms with Crippen LogP contribution < -0.4 is 11.1 Å². The molecule has 0 radical (unpaired) electrons. The van der Waals surface area contributed by atoms with Crippen molar-refractivity contribution < 1.29 is 4.79 Å². The lowest BCUT2D eigenvalue weighted by Gasteiger charge is -2.28. The van der Waals surface area contributed by atoms with E-state index in [1.54, 1.807) is 0 Å². The molecule has 4 nitrogen and oxygen atoms in total. The van der Waals surface area contributed by atoms with Crippen molar-refractivity contribution in [3.8, 4) is 0 Å². The minimum absolute atomic E-state index is 0.362. The maximum Gasteiger partial charge on any atom is 0.248 e. The van der Waals surface area contributed by atoms with Gasteiger partial charge in [0.05, 0.1) is 0 Å². The molecule has 1 aliphatic heterocycles. The first-order valence-electron chi connectivity index (χ1n) is 7.37. The Kier molecular flexibility index (Phi) is 5.15. The van der Waals surface area contributed by atoms with Crippen molar-refractivity contribution in [2.75, 3.05) is 20.1 Å². The molecule has 0 saturated carbocycles. The number of rotatable bonds is 5. The van der Waals surface area contributed by atoms with Crippen molar-refractivity contribution in [3.05, 3.63) is 34.9 Å². The standard InChI is InChI=1S/C16H25N3O/c1-12-9-13(16(17)20)6-7-14(12)10-19(2)11-15-5-3-4-8-18-15/h6-7,9,15,18H,3-5,8,10-11H2,1-2H3,(H2,17,20). The number of nitrogens with zero attached hydrogens (tertiary/aromatic N) is 1. The SMILES string of the molecule is Cc1cc(C(N)=O)ccc1CN(C)CC1CCCCN1. The van der Waals surface area contributed by atoms with E-state index in [1.165, 1.54) is 24.8 Å². The van der Waals surface area contributed by atoms with E-state index < -0.39 is 0 Å². The van der Waals surface area contributed by atoms with Crippen LogP contribution in [-0.4, -0.2) is 37.0 Å². The summed E-state index contributed by atoms with van der Waals surface area (Å²) in [4.78, 5) is 13.5. The minimum Gasteiger partial charge on any atom is -0.366 e. The molecule has 1 amide bonds. The molecular formula is C16H25N3O. The van der Waals surface area contributed by atoms with Crippen molar-refractivity contribution in [1.29, 1.82) is 0 Å². The van der Waals surface area contributed by atoms with Gasteiger partial charge in [0.25, 0.3) is 0 Å². The van der Waals surface area contributed by atoms with Gasteiger partial charge >= 0.3 is 0 Å². The minimum atomic E-state index is -0.362. The van der Waals surface area contributed by atoms with E-state index in [2.05, 4.69) is 17.3 Å². The molecule has 1 saturated heterocycles. The summed E-state index contributed by atoms with van der Waals surface area (Å²) in [6, 6.07) is 6.32. The summed E-state index contributed by atoms with van der Waals surface area (Å²) in [5.41, 5.74) is 8.27. The predicted molar refractivity (Wildman–Crippen MR) is 81.7 cm³/mol. The fourth-order valence-electron chi connectivity index (χ4n) is 2.84. The van der Waals surface area contributed by atoms with Gasteiger partial charge in [0.1, 0.15) is 0 Å². The quantitative estimate of drug-likeness (QED) is 0.859. The molecule has 1 fully saturated rings. The van der Waals surface area contributed by atoms with Gasteiger partial charge < -0.3 is 16.0 Å². The second kappa shape index (κ2) is 6.86. The molecule has 0 aromatic heterocycles. The number of hydrogen-bond acceptors (Lipinski definition) is 3. The molecule has 1 unspecified atom stereocenters. The lowest BCUT2D eigenvalue weighted by molar-refractivity contribution is 0.1000. The highest BCUT2D eigenvalue weighted by atomic mass is 16.1. The molecule has 1 aliphatic rings. The fourth-order valence-corrected chi connectivity index (χ4v) is 2.84. The van der Waals surface area contributed by atoms with Gasteiger partial charge in [-0.2, -0.15) is 0 Å². The number of nitrogens with one attached hydrogen (secondary N) is 1. The Bertz CT molecular complexity index is 467. The number of aryl methyl sites for hydroxylation is 1. The number of amides is 1. The second-order valence-corrected chi connectivity index (χ2v) is 5.85. The third kappa shape index (κ3) is 4.05. The van der Waals surface area contributed by atoms with E-state index in [4.69, 9.17) is 5.73 Å². The van der Waals surface area contributed by atoms with E-state index in [0.29, 0.717) is 11.6 Å². The number of primary amides is 1. The normalized spacial score (nSPS) is 19.2. The number of piperidine rings is 1. The zero-order valence-corrected chi connectivity index (χ0v) is 12.5. The number of carbonyl (C=O) groups is 1. The maximum absolute atomic E-state index is 11.2. The Morgan fingerprint density at radius 3 is 2.85 bits per heavy atom. The van der Waals surface area contributed by atoms with Crippen LogP contribution in [0.1, 0.15) is 40.7 Å². The zero-order chi connectivity index (χ0) is 14.5. The fraction of sp³-hybridized carbons (Fsp3) is 0.562. The highest BCUT2D eigenvalue weighted by Gasteiger charge is 2.15. The number of likely N-dealkylation sites (N-methyl/N-ethyl adjacent to an activating group) is 1. The van der Waals surface area contributed by atoms with Crippen LogP contribution in [0.5, 0.6) is 0 Å². The number of benzene rings is 1. The Morgan fingerprint density at radius 1 is 1.45 bits per heavy atom. The van der Waals surface area contributed by atoms with Crippen molar-refractivity contribution in [1.82, 2.24) is 10.2 Å². The van der Waals surface area contributed by atoms with Crippen molar-refractivity contribution in [2.24, 2.45) is 5.73 Å². The Labute approximate surface area is 121 Å². The third-order valence-electron chi connectivity index (χ3n) is 4.01. The summed E-state index contributed by atoms with van der Waals surface area (Å²) < 4.78 is 0. The molecular weight excluding hydrogens is 250 g/mol. The Balaban J connectivity index is 1.93. The largest absolute Gasteiger partial charge is 0.366 e. The van der Waals surface area contributed by atoms with Crippen molar-refractivity contribution in [3.63, 3.8) is 0 Å². The maximum atomic E-state index is 11.2. The van der Waals surface area contributed by atoms with Gasteiger partial charge in [0.15, 0.2) is 0 Å². The number of nitrogens with two attached hydrogens (primary N) is 1. The zero-order valence-electron chi connectivity index (χ0n) is 12.5. The molecule has 1 aromatic rings. The summed E-state index contributed by atoms with van der Waals surface area (Å²) in [6.45, 7) is 5.15. The van der Waals surface area contributed by atoms with Crippen LogP contribution in [0.2, 0.25) is 0 Å². The highest BCUT2D eigenvalue weighted by molar-refractivity contribution is 5.93. The Morgan fingerprint density at radius 2 is 2.25 bits per heavy atom. The van der Waals surface area contributed by atoms with Gasteiger partial charge in [-0.05, 0) is 56.6 Å². The molecule has 0 spiro atoms. The van der Waals surface area contributed by atoms with Crippen LogP contribution in [0, 0.1) is 6.92 Å². The first-order chi connectivity index (χ1) is 9.56. The molecule has 1 aromatic carbocycles. The van der Waals surface area contributed by atoms with Crippen LogP contribution in [0.15, 0.2) is 18.2 Å². The lowest BCUT2D eigenvalue weighted by atomic mass is 10.0. The third-order valence-corrected chi connectivity index (χ3v) is 4.01. The summed E-state index contributed by atoms with van der Waals surface area (Å²) in [5, 5.41) is 3.57. The smallest absolute Gasteiger partial charge is 0.248 e. The number of hydrogen-bond donors (Lipinski definition) is 2. The van der Waals surface area contributed by atoms with Crippen molar-refractivity contribution >= 4 is 5.91 Å². The molecule has 1 heterocycles. The van der Waals surface area contributed by atoms with E-state index in [9.17, 15) is 4.79 Å². The van der Waals surface area contributed by atoms with Gasteiger partial charge in [-0.15, -0.1) is 0 Å². The van der Waals surface area contributed by atoms with E-state index >= 15 is 0 Å². The Hall–Kier alpha value is -1.39. The molecule has 1 atom stereocenters. The summed E-state index contributed by atoms with van der Waals surface area (Å²) in [5.74, 6) is -0.362. The first kappa shape index (κ1) is 15.0. The van der Waals surface area contributed by atoms with Crippen LogP contribution in [0.4, 0.5) is 0 Å². The summed E-state index contributed by atoms with van der Waals surface area (Å²) >= 11 is 0. The van der Waals surface area contributed by atoms with Crippen LogP contribution in [0.3, 0.4) is 0 Å². The summed E-state index contributed by atoms with van der Waals surface area (Å²) in [6.07, 6.45) is 3.90. The van der Waals surface area contributed by atoms with Crippen LogP contribution >= 0.6 is 0 Å². The monoisotopic (exact) mass is 275 g/mol. The van der Waals surface area contributed by atoms with Gasteiger partial charge in [0.2, 0.25) is 5.91 Å². The molecule has 110 valence electrons. The van der Waals surface area contributed by atoms with Gasteiger partial charge in [-0.3, -0.25) is 4.79 Å². The van der Waals surface area contributed by atoms with Gasteiger partial charge in [0, 0.05) is 24.7 Å². The molecule has 0 aliphatic carbocycles. The summed E-state index contributed by atoms with van der Waals surface area (Å²) in [7, 11) is 2.15. The second-order valence-electron chi connectivity index (χ2n) is 5.85. The van der Waals surface area contributed by atoms with Crippen LogP contribution in [-0.2, 0) is 6.54 Å². The van der Waals surface area contributed by atoms with E-state index in [1.807, 2.05) is 25.1 Å².